The van der Waals surface area contributed by atoms with E-state index in [1.54, 1.807) is 12.1 Å². The summed E-state index contributed by atoms with van der Waals surface area (Å²) in [6.45, 7) is 1.96. The summed E-state index contributed by atoms with van der Waals surface area (Å²) in [7, 11) is 0. The van der Waals surface area contributed by atoms with Crippen molar-refractivity contribution in [3.63, 3.8) is 0 Å². The van der Waals surface area contributed by atoms with Gasteiger partial charge in [0, 0.05) is 5.56 Å². The highest BCUT2D eigenvalue weighted by Gasteiger charge is 2.20. The second-order valence-corrected chi connectivity index (χ2v) is 7.00. The number of carbonyl (C=O) groups is 1. The van der Waals surface area contributed by atoms with E-state index in [1.165, 1.54) is 10.6 Å². The van der Waals surface area contributed by atoms with E-state index in [9.17, 15) is 9.59 Å². The van der Waals surface area contributed by atoms with Gasteiger partial charge in [0.05, 0.1) is 15.7 Å². The fourth-order valence-electron chi connectivity index (χ4n) is 2.86. The van der Waals surface area contributed by atoms with Gasteiger partial charge in [-0.05, 0) is 25.1 Å². The van der Waals surface area contributed by atoms with Gasteiger partial charge in [-0.3, -0.25) is 4.79 Å². The number of H-pyrrole nitrogens is 1. The molecule has 0 fully saturated rings. The second kappa shape index (κ2) is 6.78. The van der Waals surface area contributed by atoms with E-state index >= 15 is 0 Å². The first-order chi connectivity index (χ1) is 13.3. The van der Waals surface area contributed by atoms with Crippen LogP contribution in [0, 0.1) is 6.92 Å². The van der Waals surface area contributed by atoms with Crippen molar-refractivity contribution in [2.24, 2.45) is 5.73 Å². The van der Waals surface area contributed by atoms with E-state index in [-0.39, 0.29) is 27.7 Å². The van der Waals surface area contributed by atoms with Crippen LogP contribution in [-0.2, 0) is 0 Å². The number of aryl methyl sites for hydroxylation is 1. The maximum Gasteiger partial charge on any atom is 0.332 e. The van der Waals surface area contributed by atoms with E-state index in [4.69, 9.17) is 28.9 Å². The Labute approximate surface area is 168 Å². The van der Waals surface area contributed by atoms with Crippen molar-refractivity contribution in [1.82, 2.24) is 19.5 Å². The summed E-state index contributed by atoms with van der Waals surface area (Å²) in [4.78, 5) is 36.0. The summed E-state index contributed by atoms with van der Waals surface area (Å²) in [5, 5.41) is 0.634. The van der Waals surface area contributed by atoms with Crippen molar-refractivity contribution in [2.45, 2.75) is 6.92 Å². The largest absolute Gasteiger partial charge is 0.364 e. The van der Waals surface area contributed by atoms with Crippen molar-refractivity contribution >= 4 is 40.3 Å². The average Bonchev–Trinajstić information content (AvgIpc) is 2.99. The van der Waals surface area contributed by atoms with Gasteiger partial charge in [0.15, 0.2) is 17.2 Å². The third-order valence-electron chi connectivity index (χ3n) is 4.24. The molecule has 2 aromatic carbocycles. The molecule has 2 aromatic heterocycles. The number of nitrogens with zero attached hydrogens (tertiary/aromatic N) is 3. The van der Waals surface area contributed by atoms with Gasteiger partial charge < -0.3 is 10.7 Å². The molecule has 1 amide bonds. The molecular weight excluding hydrogens is 401 g/mol. The van der Waals surface area contributed by atoms with Gasteiger partial charge in [0.1, 0.15) is 5.52 Å². The highest BCUT2D eigenvalue weighted by Crippen LogP contribution is 2.26. The van der Waals surface area contributed by atoms with Crippen LogP contribution in [0.2, 0.25) is 10.0 Å². The molecule has 28 heavy (non-hydrogen) atoms. The van der Waals surface area contributed by atoms with Crippen molar-refractivity contribution in [1.29, 1.82) is 0 Å². The minimum Gasteiger partial charge on any atom is -0.364 e. The molecule has 0 aliphatic carbocycles. The molecule has 0 saturated heterocycles. The number of nitrogens with two attached hydrogens (primary N) is 1. The van der Waals surface area contributed by atoms with Crippen LogP contribution in [0.25, 0.3) is 28.2 Å². The lowest BCUT2D eigenvalue weighted by Crippen LogP contribution is -2.15. The zero-order valence-corrected chi connectivity index (χ0v) is 16.0. The third-order valence-corrected chi connectivity index (χ3v) is 4.98. The number of fused-ring (bicyclic) bond motifs is 1. The molecule has 0 radical (unpaired) electrons. The molecule has 0 atom stereocenters. The van der Waals surface area contributed by atoms with Gasteiger partial charge in [-0.1, -0.05) is 53.0 Å². The lowest BCUT2D eigenvalue weighted by atomic mass is 10.1. The van der Waals surface area contributed by atoms with Crippen LogP contribution in [0.15, 0.2) is 47.3 Å². The Morgan fingerprint density at radius 2 is 1.79 bits per heavy atom. The SMILES string of the molecule is Cc1ccc(-c2nc(C(N)=O)c3[nH]c(=O)n(-c4ccc(Cl)c(Cl)c4)c3n2)cc1. The molecule has 0 spiro atoms. The zero-order valence-electron chi connectivity index (χ0n) is 14.5. The predicted octanol–water partition coefficient (Wildman–Crippen LogP) is 3.49. The minimum absolute atomic E-state index is 0.0727. The predicted molar refractivity (Wildman–Crippen MR) is 108 cm³/mol. The second-order valence-electron chi connectivity index (χ2n) is 6.19. The van der Waals surface area contributed by atoms with E-state index < -0.39 is 11.6 Å². The Hall–Kier alpha value is -3.16. The summed E-state index contributed by atoms with van der Waals surface area (Å²) in [6, 6.07) is 12.2. The van der Waals surface area contributed by atoms with Crippen LogP contribution in [0.5, 0.6) is 0 Å². The lowest BCUT2D eigenvalue weighted by Gasteiger charge is -2.07. The number of nitrogens with one attached hydrogen (secondary N) is 1. The van der Waals surface area contributed by atoms with E-state index in [2.05, 4.69) is 15.0 Å². The molecule has 0 aliphatic rings. The van der Waals surface area contributed by atoms with Crippen molar-refractivity contribution in [3.05, 3.63) is 74.3 Å². The fraction of sp³-hybridized carbons (Fsp3) is 0.0526. The molecule has 3 N–H and O–H groups in total. The number of aromatic amines is 1. The molecule has 140 valence electrons. The van der Waals surface area contributed by atoms with E-state index in [1.807, 2.05) is 31.2 Å². The normalized spacial score (nSPS) is 11.1. The number of aromatic nitrogens is 4. The summed E-state index contributed by atoms with van der Waals surface area (Å²) in [6.07, 6.45) is 0. The first-order valence-corrected chi connectivity index (χ1v) is 8.96. The summed E-state index contributed by atoms with van der Waals surface area (Å²) >= 11 is 12.1. The summed E-state index contributed by atoms with van der Waals surface area (Å²) in [5.41, 5.74) is 7.46. The van der Waals surface area contributed by atoms with Crippen molar-refractivity contribution < 1.29 is 4.79 Å². The summed E-state index contributed by atoms with van der Waals surface area (Å²) < 4.78 is 1.29. The minimum atomic E-state index is -0.775. The molecule has 0 bridgehead atoms. The smallest absolute Gasteiger partial charge is 0.332 e. The molecule has 4 rings (SSSR count). The Kier molecular flexibility index (Phi) is 4.41. The molecule has 4 aromatic rings. The van der Waals surface area contributed by atoms with Crippen molar-refractivity contribution in [2.75, 3.05) is 0 Å². The number of primary amides is 1. The summed E-state index contributed by atoms with van der Waals surface area (Å²) in [5.74, 6) is -0.502. The number of amides is 1. The maximum absolute atomic E-state index is 12.6. The number of hydrogen-bond donors (Lipinski definition) is 2. The first kappa shape index (κ1) is 18.2. The Morgan fingerprint density at radius 3 is 2.43 bits per heavy atom. The van der Waals surface area contributed by atoms with Gasteiger partial charge in [-0.25, -0.2) is 19.3 Å². The molecule has 0 aliphatic heterocycles. The highest BCUT2D eigenvalue weighted by atomic mass is 35.5. The molecule has 9 heteroatoms. The Bertz CT molecular complexity index is 1290. The van der Waals surface area contributed by atoms with Crippen LogP contribution in [-0.4, -0.2) is 25.4 Å². The number of imidazole rings is 1. The lowest BCUT2D eigenvalue weighted by molar-refractivity contribution is 0.0997. The topological polar surface area (TPSA) is 107 Å². The van der Waals surface area contributed by atoms with Gasteiger partial charge in [0.2, 0.25) is 0 Å². The van der Waals surface area contributed by atoms with E-state index in [0.717, 1.165) is 5.56 Å². The third kappa shape index (κ3) is 3.04. The van der Waals surface area contributed by atoms with Crippen LogP contribution < -0.4 is 11.4 Å². The monoisotopic (exact) mass is 413 g/mol. The van der Waals surface area contributed by atoms with Gasteiger partial charge in [-0.2, -0.15) is 0 Å². The van der Waals surface area contributed by atoms with Crippen LogP contribution in [0.4, 0.5) is 0 Å². The highest BCUT2D eigenvalue weighted by molar-refractivity contribution is 6.42. The average molecular weight is 414 g/mol. The molecular formula is C19H13Cl2N5O2. The van der Waals surface area contributed by atoms with Gasteiger partial charge in [-0.15, -0.1) is 0 Å². The fourth-order valence-corrected chi connectivity index (χ4v) is 3.15. The molecule has 7 nitrogen and oxygen atoms in total. The Morgan fingerprint density at radius 1 is 1.07 bits per heavy atom. The number of halogens is 2. The molecule has 2 heterocycles. The number of carbonyl (C=O) groups excluding carboxylic acids is 1. The number of benzene rings is 2. The van der Waals surface area contributed by atoms with Gasteiger partial charge in [0.25, 0.3) is 5.91 Å². The van der Waals surface area contributed by atoms with E-state index in [0.29, 0.717) is 16.3 Å². The molecule has 0 unspecified atom stereocenters. The standard InChI is InChI=1S/C19H13Cl2N5O2/c1-9-2-4-10(5-3-9)17-23-14(16(22)27)15-18(25-17)26(19(28)24-15)11-6-7-12(20)13(21)8-11/h2-8H,1H3,(H2,22,27)(H,24,28). The maximum atomic E-state index is 12.6. The molecule has 0 saturated carbocycles. The van der Waals surface area contributed by atoms with Gasteiger partial charge >= 0.3 is 5.69 Å². The number of hydrogen-bond acceptors (Lipinski definition) is 4. The first-order valence-electron chi connectivity index (χ1n) is 8.20. The van der Waals surface area contributed by atoms with Crippen LogP contribution in [0.1, 0.15) is 16.1 Å². The number of rotatable bonds is 3. The zero-order chi connectivity index (χ0) is 20.0. The van der Waals surface area contributed by atoms with Crippen LogP contribution >= 0.6 is 23.2 Å². The Balaban J connectivity index is 2.05. The van der Waals surface area contributed by atoms with Crippen molar-refractivity contribution in [3.8, 4) is 17.1 Å². The van der Waals surface area contributed by atoms with Crippen LogP contribution in [0.3, 0.4) is 0 Å². The quantitative estimate of drug-likeness (QED) is 0.535.